The maximum absolute atomic E-state index is 9.09. The van der Waals surface area contributed by atoms with Crippen LogP contribution in [0.15, 0.2) is 28.9 Å². The van der Waals surface area contributed by atoms with E-state index in [1.165, 1.54) is 6.08 Å². The minimum atomic E-state index is -0.0662. The van der Waals surface area contributed by atoms with Gasteiger partial charge in [-0.1, -0.05) is 13.3 Å². The lowest BCUT2D eigenvalue weighted by atomic mass is 10.1. The highest BCUT2D eigenvalue weighted by Crippen LogP contribution is 2.19. The van der Waals surface area contributed by atoms with Crippen LogP contribution in [0.2, 0.25) is 0 Å². The van der Waals surface area contributed by atoms with Crippen molar-refractivity contribution in [2.24, 2.45) is 0 Å². The third kappa shape index (κ3) is 1.07. The summed E-state index contributed by atoms with van der Waals surface area (Å²) in [7, 11) is 0. The van der Waals surface area contributed by atoms with E-state index < -0.39 is 0 Å². The van der Waals surface area contributed by atoms with Gasteiger partial charge in [-0.2, -0.15) is 0 Å². The predicted molar refractivity (Wildman–Crippen MR) is 38.8 cm³/mol. The van der Waals surface area contributed by atoms with E-state index in [2.05, 4.69) is 5.73 Å². The van der Waals surface area contributed by atoms with Crippen molar-refractivity contribution < 1.29 is 10.2 Å². The Bertz CT molecular complexity index is 230. The summed E-state index contributed by atoms with van der Waals surface area (Å²) in [5, 5.41) is 18.0. The molecule has 0 amide bonds. The lowest BCUT2D eigenvalue weighted by Crippen LogP contribution is -1.87. The van der Waals surface area contributed by atoms with E-state index in [0.717, 1.165) is 12.8 Å². The zero-order chi connectivity index (χ0) is 7.56. The Balaban J connectivity index is 2.74. The van der Waals surface area contributed by atoms with Crippen molar-refractivity contribution in [2.75, 3.05) is 0 Å². The molecule has 0 aromatic heterocycles. The molecule has 0 aromatic carbocycles. The molecule has 1 rings (SSSR count). The molecule has 0 atom stereocenters. The molecule has 1 aliphatic rings. The first-order chi connectivity index (χ1) is 4.75. The van der Waals surface area contributed by atoms with Crippen LogP contribution in [0.25, 0.3) is 0 Å². The van der Waals surface area contributed by atoms with Crippen molar-refractivity contribution in [3.05, 3.63) is 28.9 Å². The van der Waals surface area contributed by atoms with Crippen LogP contribution in [-0.4, -0.2) is 10.2 Å². The van der Waals surface area contributed by atoms with Crippen molar-refractivity contribution in [2.45, 2.75) is 19.8 Å². The van der Waals surface area contributed by atoms with Gasteiger partial charge in [-0.25, -0.2) is 0 Å². The quantitative estimate of drug-likeness (QED) is 0.574. The summed E-state index contributed by atoms with van der Waals surface area (Å²) in [5.74, 6) is -0.0784. The Hall–Kier alpha value is -1.14. The van der Waals surface area contributed by atoms with Crippen LogP contribution in [0.4, 0.5) is 0 Å². The predicted octanol–water partition coefficient (Wildman–Crippen LogP) is 2.21. The summed E-state index contributed by atoms with van der Waals surface area (Å²) in [5.41, 5.74) is 3.48. The van der Waals surface area contributed by atoms with E-state index in [0.29, 0.717) is 5.57 Å². The third-order valence-corrected chi connectivity index (χ3v) is 1.41. The van der Waals surface area contributed by atoms with E-state index in [1.807, 2.05) is 6.92 Å². The van der Waals surface area contributed by atoms with E-state index in [9.17, 15) is 0 Å². The minimum absolute atomic E-state index is 0.0122. The van der Waals surface area contributed by atoms with Gasteiger partial charge in [0.2, 0.25) is 0 Å². The number of aliphatic hydroxyl groups is 2. The fourth-order valence-corrected chi connectivity index (χ4v) is 0.887. The Morgan fingerprint density at radius 1 is 1.50 bits per heavy atom. The Kier molecular flexibility index (Phi) is 1.83. The highest BCUT2D eigenvalue weighted by Gasteiger charge is 2.10. The van der Waals surface area contributed by atoms with Crippen molar-refractivity contribution in [1.82, 2.24) is 0 Å². The summed E-state index contributed by atoms with van der Waals surface area (Å²) in [6.07, 6.45) is 3.11. The topological polar surface area (TPSA) is 40.5 Å². The van der Waals surface area contributed by atoms with E-state index >= 15 is 0 Å². The van der Waals surface area contributed by atoms with Gasteiger partial charge >= 0.3 is 0 Å². The van der Waals surface area contributed by atoms with Gasteiger partial charge in [-0.05, 0) is 6.42 Å². The molecule has 0 fully saturated rings. The average molecular weight is 138 g/mol. The van der Waals surface area contributed by atoms with Crippen LogP contribution in [0.3, 0.4) is 0 Å². The molecular weight excluding hydrogens is 128 g/mol. The van der Waals surface area contributed by atoms with Crippen LogP contribution in [0, 0.1) is 0 Å². The third-order valence-electron chi connectivity index (χ3n) is 1.41. The molecule has 0 unspecified atom stereocenters. The standard InChI is InChI=1S/C8H10O2/c1-2-3-6-4-5-7(9)8(6)10/h5,9-10H,2-3H2,1H3. The second-order valence-electron chi connectivity index (χ2n) is 2.25. The molecule has 0 bridgehead atoms. The van der Waals surface area contributed by atoms with Crippen LogP contribution in [-0.2, 0) is 0 Å². The second-order valence-corrected chi connectivity index (χ2v) is 2.25. The van der Waals surface area contributed by atoms with Gasteiger partial charge in [0.25, 0.3) is 0 Å². The first-order valence-corrected chi connectivity index (χ1v) is 3.34. The Morgan fingerprint density at radius 3 is 2.60 bits per heavy atom. The van der Waals surface area contributed by atoms with Gasteiger partial charge < -0.3 is 10.2 Å². The molecule has 2 nitrogen and oxygen atoms in total. The van der Waals surface area contributed by atoms with Crippen LogP contribution < -0.4 is 0 Å². The molecule has 0 aromatic rings. The molecule has 1 aliphatic carbocycles. The molecule has 0 spiro atoms. The highest BCUT2D eigenvalue weighted by atomic mass is 16.3. The normalized spacial score (nSPS) is 16.3. The SMILES string of the molecule is CCCC1=C=CC(O)=C1O. The van der Waals surface area contributed by atoms with Crippen molar-refractivity contribution in [3.8, 4) is 0 Å². The molecule has 0 aliphatic heterocycles. The molecule has 10 heavy (non-hydrogen) atoms. The molecule has 0 heterocycles. The average Bonchev–Trinajstić information content (AvgIpc) is 2.20. The van der Waals surface area contributed by atoms with Gasteiger partial charge in [0.05, 0.1) is 0 Å². The summed E-state index contributed by atoms with van der Waals surface area (Å²) in [6, 6.07) is 0. The van der Waals surface area contributed by atoms with Gasteiger partial charge in [0.15, 0.2) is 11.5 Å². The first-order valence-electron chi connectivity index (χ1n) is 3.34. The molecule has 2 heteroatoms. The Labute approximate surface area is 59.8 Å². The van der Waals surface area contributed by atoms with E-state index in [-0.39, 0.29) is 11.5 Å². The van der Waals surface area contributed by atoms with Gasteiger partial charge in [-0.3, -0.25) is 0 Å². The maximum atomic E-state index is 9.09. The van der Waals surface area contributed by atoms with Crippen molar-refractivity contribution in [1.29, 1.82) is 0 Å². The Morgan fingerprint density at radius 2 is 2.20 bits per heavy atom. The van der Waals surface area contributed by atoms with Gasteiger partial charge in [0, 0.05) is 11.6 Å². The van der Waals surface area contributed by atoms with Crippen molar-refractivity contribution >= 4 is 0 Å². The van der Waals surface area contributed by atoms with E-state index in [4.69, 9.17) is 10.2 Å². The number of hydrogen-bond acceptors (Lipinski definition) is 2. The zero-order valence-corrected chi connectivity index (χ0v) is 5.89. The summed E-state index contributed by atoms with van der Waals surface area (Å²) < 4.78 is 0. The second kappa shape index (κ2) is 2.63. The largest absolute Gasteiger partial charge is 0.504 e. The summed E-state index contributed by atoms with van der Waals surface area (Å²) >= 11 is 0. The number of rotatable bonds is 2. The monoisotopic (exact) mass is 138 g/mol. The molecular formula is C8H10O2. The lowest BCUT2D eigenvalue weighted by Gasteiger charge is -1.97. The molecule has 0 saturated heterocycles. The van der Waals surface area contributed by atoms with Crippen LogP contribution in [0.1, 0.15) is 19.8 Å². The van der Waals surface area contributed by atoms with Crippen LogP contribution in [0.5, 0.6) is 0 Å². The van der Waals surface area contributed by atoms with Gasteiger partial charge in [-0.15, -0.1) is 5.73 Å². The zero-order valence-electron chi connectivity index (χ0n) is 5.89. The maximum Gasteiger partial charge on any atom is 0.169 e. The highest BCUT2D eigenvalue weighted by molar-refractivity contribution is 5.37. The van der Waals surface area contributed by atoms with Crippen molar-refractivity contribution in [3.63, 3.8) is 0 Å². The fraction of sp³-hybridized carbons (Fsp3) is 0.375. The van der Waals surface area contributed by atoms with E-state index in [1.54, 1.807) is 0 Å². The lowest BCUT2D eigenvalue weighted by molar-refractivity contribution is 0.348. The first kappa shape index (κ1) is 6.97. The molecule has 2 N–H and O–H groups in total. The summed E-state index contributed by atoms with van der Waals surface area (Å²) in [4.78, 5) is 0. The fourth-order valence-electron chi connectivity index (χ4n) is 0.887. The number of allylic oxidation sites excluding steroid dienone is 2. The van der Waals surface area contributed by atoms with Crippen LogP contribution >= 0.6 is 0 Å². The van der Waals surface area contributed by atoms with Gasteiger partial charge in [0.1, 0.15) is 0 Å². The summed E-state index contributed by atoms with van der Waals surface area (Å²) in [6.45, 7) is 2.01. The minimum Gasteiger partial charge on any atom is -0.504 e. The number of aliphatic hydroxyl groups excluding tert-OH is 2. The smallest absolute Gasteiger partial charge is 0.169 e. The number of hydrogen-bond donors (Lipinski definition) is 2. The molecule has 54 valence electrons. The molecule has 0 radical (unpaired) electrons. The molecule has 0 saturated carbocycles.